The lowest BCUT2D eigenvalue weighted by Crippen LogP contribution is -2.38. The Morgan fingerprint density at radius 3 is 2.42 bits per heavy atom. The van der Waals surface area contributed by atoms with Gasteiger partial charge in [-0.2, -0.15) is 26.6 Å². The molecule has 2 N–H and O–H groups in total. The van der Waals surface area contributed by atoms with Crippen LogP contribution in [0.15, 0.2) is 48.4 Å². The highest BCUT2D eigenvalue weighted by molar-refractivity contribution is 5.95. The van der Waals surface area contributed by atoms with Crippen LogP contribution in [0.1, 0.15) is 34.9 Å². The van der Waals surface area contributed by atoms with Gasteiger partial charge in [0, 0.05) is 36.0 Å². The van der Waals surface area contributed by atoms with Gasteiger partial charge in [-0.3, -0.25) is 19.7 Å². The van der Waals surface area contributed by atoms with Crippen molar-refractivity contribution in [3.8, 4) is 0 Å². The number of aromatic nitrogens is 7. The van der Waals surface area contributed by atoms with Crippen LogP contribution < -0.4 is 5.73 Å². The number of alkyl halides is 5. The minimum atomic E-state index is -5.96. The fraction of sp³-hybridized carbons (Fsp3) is 0.318. The smallest absolute Gasteiger partial charge is 0.366 e. The highest BCUT2D eigenvalue weighted by Gasteiger charge is 2.62. The summed E-state index contributed by atoms with van der Waals surface area (Å²) in [6, 6.07) is 3.42. The predicted molar refractivity (Wildman–Crippen MR) is 115 cm³/mol. The number of amides is 1. The Bertz CT molecular complexity index is 1350. The summed E-state index contributed by atoms with van der Waals surface area (Å²) >= 11 is 0. The minimum Gasteiger partial charge on any atom is -0.366 e. The molecular formula is C22H19F5N8O. The predicted octanol–water partition coefficient (Wildman–Crippen LogP) is 2.97. The van der Waals surface area contributed by atoms with Crippen LogP contribution in [0.25, 0.3) is 5.70 Å². The van der Waals surface area contributed by atoms with Crippen molar-refractivity contribution in [1.29, 1.82) is 0 Å². The van der Waals surface area contributed by atoms with Gasteiger partial charge in [-0.15, -0.1) is 5.10 Å². The Balaban J connectivity index is 1.94. The zero-order chi connectivity index (χ0) is 26.3. The summed E-state index contributed by atoms with van der Waals surface area (Å²) in [6.45, 7) is 3.54. The zero-order valence-electron chi connectivity index (χ0n) is 19.0. The van der Waals surface area contributed by atoms with Gasteiger partial charge in [0.05, 0.1) is 22.8 Å². The number of nitrogens with zero attached hydrogens (tertiary/aromatic N) is 7. The minimum absolute atomic E-state index is 0.0371. The van der Waals surface area contributed by atoms with Crippen molar-refractivity contribution in [1.82, 2.24) is 35.2 Å². The third-order valence-electron chi connectivity index (χ3n) is 5.67. The Labute approximate surface area is 201 Å². The summed E-state index contributed by atoms with van der Waals surface area (Å²) in [5.41, 5.74) is 6.28. The molecule has 1 atom stereocenters. The molecule has 0 aliphatic heterocycles. The Hall–Kier alpha value is -4.10. The quantitative estimate of drug-likeness (QED) is 0.510. The first-order valence-electron chi connectivity index (χ1n) is 10.5. The van der Waals surface area contributed by atoms with Crippen molar-refractivity contribution >= 4 is 11.6 Å². The Morgan fingerprint density at radius 2 is 1.83 bits per heavy atom. The van der Waals surface area contributed by atoms with E-state index < -0.39 is 29.2 Å². The third-order valence-corrected chi connectivity index (χ3v) is 5.67. The summed E-state index contributed by atoms with van der Waals surface area (Å²) < 4.78 is 68.1. The van der Waals surface area contributed by atoms with E-state index in [2.05, 4.69) is 30.5 Å². The first-order chi connectivity index (χ1) is 16.8. The highest BCUT2D eigenvalue weighted by atomic mass is 19.4. The molecule has 14 heteroatoms. The van der Waals surface area contributed by atoms with Gasteiger partial charge in [0.25, 0.3) is 0 Å². The van der Waals surface area contributed by atoms with Gasteiger partial charge in [0.15, 0.2) is 0 Å². The molecule has 9 nitrogen and oxygen atoms in total. The van der Waals surface area contributed by atoms with Crippen molar-refractivity contribution in [2.24, 2.45) is 5.73 Å². The molecule has 1 amide bonds. The molecule has 0 saturated carbocycles. The number of rotatable bonds is 6. The highest BCUT2D eigenvalue weighted by Crippen LogP contribution is 2.45. The van der Waals surface area contributed by atoms with Crippen LogP contribution in [0, 0.1) is 13.8 Å². The summed E-state index contributed by atoms with van der Waals surface area (Å²) in [6.07, 6.45) is 1.13. The van der Waals surface area contributed by atoms with Gasteiger partial charge < -0.3 is 5.73 Å². The lowest BCUT2D eigenvalue weighted by atomic mass is 9.71. The topological polar surface area (TPSA) is 125 Å². The number of pyridine rings is 1. The second-order valence-electron chi connectivity index (χ2n) is 8.47. The summed E-state index contributed by atoms with van der Waals surface area (Å²) in [4.78, 5) is 25.3. The van der Waals surface area contributed by atoms with Crippen LogP contribution in [-0.2, 0) is 22.6 Å². The molecule has 1 aliphatic rings. The van der Waals surface area contributed by atoms with Crippen molar-refractivity contribution in [3.63, 3.8) is 0 Å². The second-order valence-corrected chi connectivity index (χ2v) is 8.47. The van der Waals surface area contributed by atoms with E-state index in [0.29, 0.717) is 17.1 Å². The average molecular weight is 506 g/mol. The van der Waals surface area contributed by atoms with Crippen LogP contribution >= 0.6 is 0 Å². The molecule has 0 radical (unpaired) electrons. The molecule has 36 heavy (non-hydrogen) atoms. The summed E-state index contributed by atoms with van der Waals surface area (Å²) in [5.74, 6) is -8.03. The maximum absolute atomic E-state index is 14.3. The standard InChI is InChI=1S/C22H19F5N8O/c1-12-3-4-17(31-9-12)20(7-15-11-29-13(2)10-30-15)6-14(18(28)36)5-16(8-20)35-19(32-33-34-35)21(23,24)22(25,26)27/h3-5,8-11H,6-7H2,1-2H3,(H2,28,36). The van der Waals surface area contributed by atoms with Crippen LogP contribution in [0.5, 0.6) is 0 Å². The molecule has 0 fully saturated rings. The number of allylic oxidation sites excluding steroid dienone is 3. The SMILES string of the molecule is Cc1ccc(C2(Cc3cnc(C)cn3)C=C(n3nnnc3C(F)(F)C(F)(F)F)C=C(C(N)=O)C2)nc1. The normalized spacial score (nSPS) is 18.5. The number of hydrogen-bond acceptors (Lipinski definition) is 7. The lowest BCUT2D eigenvalue weighted by Gasteiger charge is -2.34. The van der Waals surface area contributed by atoms with E-state index in [1.807, 2.05) is 0 Å². The van der Waals surface area contributed by atoms with Crippen LogP contribution in [0.3, 0.4) is 0 Å². The molecule has 1 unspecified atom stereocenters. The Kier molecular flexibility index (Phi) is 6.14. The monoisotopic (exact) mass is 506 g/mol. The van der Waals surface area contributed by atoms with E-state index in [9.17, 15) is 26.7 Å². The lowest BCUT2D eigenvalue weighted by molar-refractivity contribution is -0.293. The van der Waals surface area contributed by atoms with Gasteiger partial charge in [0.1, 0.15) is 0 Å². The molecule has 0 spiro atoms. The number of tetrazole rings is 1. The van der Waals surface area contributed by atoms with E-state index in [1.54, 1.807) is 32.2 Å². The number of aryl methyl sites for hydroxylation is 2. The molecule has 0 bridgehead atoms. The van der Waals surface area contributed by atoms with E-state index in [4.69, 9.17) is 5.73 Å². The third kappa shape index (κ3) is 4.57. The number of carbonyl (C=O) groups is 1. The van der Waals surface area contributed by atoms with Crippen LogP contribution in [-0.4, -0.2) is 47.2 Å². The molecule has 188 valence electrons. The average Bonchev–Trinajstić information content (AvgIpc) is 3.31. The molecule has 3 aromatic rings. The Morgan fingerprint density at radius 1 is 1.08 bits per heavy atom. The first-order valence-corrected chi connectivity index (χ1v) is 10.5. The molecule has 1 aliphatic carbocycles. The fourth-order valence-corrected chi connectivity index (χ4v) is 3.87. The molecular weight excluding hydrogens is 487 g/mol. The first kappa shape index (κ1) is 25.0. The number of halogens is 5. The number of hydrogen-bond donors (Lipinski definition) is 1. The van der Waals surface area contributed by atoms with Gasteiger partial charge in [-0.1, -0.05) is 6.07 Å². The van der Waals surface area contributed by atoms with E-state index >= 15 is 0 Å². The molecule has 3 aromatic heterocycles. The van der Waals surface area contributed by atoms with Gasteiger partial charge in [0.2, 0.25) is 11.7 Å². The molecule has 3 heterocycles. The summed E-state index contributed by atoms with van der Waals surface area (Å²) in [5, 5.41) is 9.33. The van der Waals surface area contributed by atoms with Gasteiger partial charge >= 0.3 is 12.1 Å². The second kappa shape index (κ2) is 8.84. The van der Waals surface area contributed by atoms with Crippen molar-refractivity contribution < 1.29 is 26.7 Å². The summed E-state index contributed by atoms with van der Waals surface area (Å²) in [7, 11) is 0. The van der Waals surface area contributed by atoms with Crippen LogP contribution in [0.4, 0.5) is 22.0 Å². The van der Waals surface area contributed by atoms with Crippen LogP contribution in [0.2, 0.25) is 0 Å². The molecule has 0 saturated heterocycles. The largest absolute Gasteiger partial charge is 0.461 e. The van der Waals surface area contributed by atoms with Crippen molar-refractivity contribution in [3.05, 3.63) is 76.9 Å². The zero-order valence-corrected chi connectivity index (χ0v) is 19.0. The van der Waals surface area contributed by atoms with E-state index in [1.165, 1.54) is 18.5 Å². The number of carbonyl (C=O) groups excluding carboxylic acids is 1. The number of primary amides is 1. The maximum atomic E-state index is 14.3. The van der Waals surface area contributed by atoms with Gasteiger partial charge in [-0.05, 0) is 54.5 Å². The maximum Gasteiger partial charge on any atom is 0.461 e. The molecule has 4 rings (SSSR count). The van der Waals surface area contributed by atoms with Crippen molar-refractivity contribution in [2.45, 2.75) is 44.2 Å². The fourth-order valence-electron chi connectivity index (χ4n) is 3.87. The van der Waals surface area contributed by atoms with Gasteiger partial charge in [-0.25, -0.2) is 0 Å². The van der Waals surface area contributed by atoms with E-state index in [0.717, 1.165) is 11.6 Å². The molecule has 0 aromatic carbocycles. The van der Waals surface area contributed by atoms with E-state index in [-0.39, 0.29) is 28.8 Å². The number of nitrogens with two attached hydrogens (primary N) is 1. The van der Waals surface area contributed by atoms with Crippen molar-refractivity contribution in [2.75, 3.05) is 0 Å².